The van der Waals surface area contributed by atoms with E-state index in [9.17, 15) is 9.46 Å². The lowest BCUT2D eigenvalue weighted by molar-refractivity contribution is -0.873. The van der Waals surface area contributed by atoms with Crippen molar-refractivity contribution in [2.45, 2.75) is 96.5 Å². The fourth-order valence-electron chi connectivity index (χ4n) is 3.19. The van der Waals surface area contributed by atoms with Crippen LogP contribution < -0.4 is 4.89 Å². The Bertz CT molecular complexity index is 352. The molecule has 0 amide bonds. The molecule has 0 bridgehead atoms. The first kappa shape index (κ1) is 25.1. The Kier molecular flexibility index (Phi) is 14.2. The number of hydrogen-bond donors (Lipinski definition) is 1. The summed E-state index contributed by atoms with van der Waals surface area (Å²) in [6.07, 6.45) is 15.6. The second-order valence-electron chi connectivity index (χ2n) is 8.35. The molecule has 0 spiro atoms. The molecule has 0 aromatic heterocycles. The van der Waals surface area contributed by atoms with Crippen molar-refractivity contribution < 1.29 is 23.4 Å². The topological polar surface area (TPSA) is 69.6 Å². The van der Waals surface area contributed by atoms with E-state index >= 15 is 0 Å². The Hall–Kier alpha value is 0.0700. The molecule has 0 radical (unpaired) electrons. The van der Waals surface area contributed by atoms with Crippen LogP contribution in [0.1, 0.15) is 90.4 Å². The minimum absolute atomic E-state index is 0.434. The van der Waals surface area contributed by atoms with Crippen LogP contribution in [-0.2, 0) is 9.09 Å². The number of likely N-dealkylation sites (N-methyl/N-ethyl adjacent to an activating group) is 1. The summed E-state index contributed by atoms with van der Waals surface area (Å²) in [5.41, 5.74) is 0. The second-order valence-corrected chi connectivity index (χ2v) is 9.49. The molecule has 6 heteroatoms. The van der Waals surface area contributed by atoms with Crippen molar-refractivity contribution in [2.24, 2.45) is 0 Å². The summed E-state index contributed by atoms with van der Waals surface area (Å²) < 4.78 is 16.5. The highest BCUT2D eigenvalue weighted by atomic mass is 31.2. The SMILES string of the molecule is CCCCCCCCCCCCCCC(C[N+](C)(C)C)OP(=O)([O-])O. The van der Waals surface area contributed by atoms with E-state index in [1.54, 1.807) is 0 Å². The van der Waals surface area contributed by atoms with Gasteiger partial charge in [-0.15, -0.1) is 0 Å². The molecule has 5 nitrogen and oxygen atoms in total. The van der Waals surface area contributed by atoms with Crippen molar-refractivity contribution in [3.05, 3.63) is 0 Å². The summed E-state index contributed by atoms with van der Waals surface area (Å²) in [6, 6.07) is 0. The molecule has 0 rings (SSSR count). The van der Waals surface area contributed by atoms with Crippen molar-refractivity contribution in [3.63, 3.8) is 0 Å². The van der Waals surface area contributed by atoms with Crippen LogP contribution in [0.25, 0.3) is 0 Å². The number of rotatable bonds is 17. The van der Waals surface area contributed by atoms with Crippen LogP contribution in [0.2, 0.25) is 0 Å². The molecule has 2 atom stereocenters. The van der Waals surface area contributed by atoms with Gasteiger partial charge in [0, 0.05) is 0 Å². The van der Waals surface area contributed by atoms with E-state index in [2.05, 4.69) is 6.92 Å². The molecule has 1 N–H and O–H groups in total. The molecule has 2 unspecified atom stereocenters. The van der Waals surface area contributed by atoms with Gasteiger partial charge >= 0.3 is 0 Å². The highest BCUT2D eigenvalue weighted by molar-refractivity contribution is 7.44. The average molecular weight is 380 g/mol. The first-order chi connectivity index (χ1) is 11.6. The standard InChI is InChI=1S/C19H42NO4P/c1-5-6-7-8-9-10-11-12-13-14-15-16-17-19(18-20(2,3)4)24-25(21,22)23/h19H,5-18H2,1-4H3,(H-,21,22,23). The highest BCUT2D eigenvalue weighted by Gasteiger charge is 2.22. The zero-order valence-corrected chi connectivity index (χ0v) is 17.9. The zero-order chi connectivity index (χ0) is 19.2. The summed E-state index contributed by atoms with van der Waals surface area (Å²) >= 11 is 0. The van der Waals surface area contributed by atoms with Gasteiger partial charge < -0.3 is 18.8 Å². The van der Waals surface area contributed by atoms with E-state index < -0.39 is 13.9 Å². The van der Waals surface area contributed by atoms with Gasteiger partial charge in [0.25, 0.3) is 7.82 Å². The van der Waals surface area contributed by atoms with Gasteiger partial charge in [0.15, 0.2) is 0 Å². The molecule has 0 heterocycles. The van der Waals surface area contributed by atoms with Gasteiger partial charge in [-0.05, 0) is 6.42 Å². The molecule has 0 aromatic carbocycles. The summed E-state index contributed by atoms with van der Waals surface area (Å²) in [5, 5.41) is 0. The molecular weight excluding hydrogens is 337 g/mol. The largest absolute Gasteiger partial charge is 0.756 e. The Morgan fingerprint density at radius 1 is 0.880 bits per heavy atom. The molecule has 152 valence electrons. The van der Waals surface area contributed by atoms with Crippen LogP contribution in [0.3, 0.4) is 0 Å². The third kappa shape index (κ3) is 20.2. The fourth-order valence-corrected chi connectivity index (χ4v) is 3.74. The summed E-state index contributed by atoms with van der Waals surface area (Å²) in [5.74, 6) is 0. The van der Waals surface area contributed by atoms with Crippen LogP contribution >= 0.6 is 7.82 Å². The molecule has 25 heavy (non-hydrogen) atoms. The van der Waals surface area contributed by atoms with E-state index in [-0.39, 0.29) is 0 Å². The highest BCUT2D eigenvalue weighted by Crippen LogP contribution is 2.34. The van der Waals surface area contributed by atoms with Gasteiger partial charge in [-0.2, -0.15) is 0 Å². The Balaban J connectivity index is 3.66. The Morgan fingerprint density at radius 2 is 1.28 bits per heavy atom. The Morgan fingerprint density at radius 3 is 1.64 bits per heavy atom. The lowest BCUT2D eigenvalue weighted by atomic mass is 10.0. The molecule has 0 saturated heterocycles. The quantitative estimate of drug-likeness (QED) is 0.227. The number of nitrogens with zero attached hydrogens (tertiary/aromatic N) is 1. The van der Waals surface area contributed by atoms with Crippen molar-refractivity contribution in [1.82, 2.24) is 0 Å². The van der Waals surface area contributed by atoms with Crippen LogP contribution in [0.5, 0.6) is 0 Å². The lowest BCUT2D eigenvalue weighted by Gasteiger charge is -2.31. The smallest absolute Gasteiger partial charge is 0.265 e. The van der Waals surface area contributed by atoms with Gasteiger partial charge in [-0.3, -0.25) is 4.57 Å². The maximum Gasteiger partial charge on any atom is 0.265 e. The third-order valence-electron chi connectivity index (χ3n) is 4.41. The number of phosphoric acid groups is 1. The van der Waals surface area contributed by atoms with Gasteiger partial charge in [-0.1, -0.05) is 84.0 Å². The zero-order valence-electron chi connectivity index (χ0n) is 17.0. The number of hydrogen-bond acceptors (Lipinski definition) is 3. The van der Waals surface area contributed by atoms with Crippen LogP contribution in [0.4, 0.5) is 0 Å². The molecular formula is C19H42NO4P. The predicted molar refractivity (Wildman–Crippen MR) is 103 cm³/mol. The molecule has 0 saturated carbocycles. The van der Waals surface area contributed by atoms with Gasteiger partial charge in [0.05, 0.1) is 21.1 Å². The molecule has 0 aliphatic rings. The molecule has 0 aliphatic heterocycles. The van der Waals surface area contributed by atoms with Crippen molar-refractivity contribution in [1.29, 1.82) is 0 Å². The lowest BCUT2D eigenvalue weighted by Crippen LogP contribution is -2.42. The summed E-state index contributed by atoms with van der Waals surface area (Å²) in [7, 11) is 1.32. The number of quaternary nitrogens is 1. The summed E-state index contributed by atoms with van der Waals surface area (Å²) in [4.78, 5) is 19.9. The van der Waals surface area contributed by atoms with E-state index in [1.807, 2.05) is 21.1 Å². The van der Waals surface area contributed by atoms with Crippen LogP contribution in [0.15, 0.2) is 0 Å². The van der Waals surface area contributed by atoms with Gasteiger partial charge in [-0.25, -0.2) is 0 Å². The number of phosphoric ester groups is 1. The minimum Gasteiger partial charge on any atom is -0.756 e. The fraction of sp³-hybridized carbons (Fsp3) is 1.00. The van der Waals surface area contributed by atoms with Gasteiger partial charge in [0.1, 0.15) is 12.6 Å². The van der Waals surface area contributed by atoms with Crippen LogP contribution in [-0.4, -0.2) is 43.2 Å². The number of unbranched alkanes of at least 4 members (excludes halogenated alkanes) is 11. The van der Waals surface area contributed by atoms with E-state index in [0.717, 1.165) is 12.8 Å². The minimum atomic E-state index is -4.65. The van der Waals surface area contributed by atoms with Crippen molar-refractivity contribution in [2.75, 3.05) is 27.7 Å². The van der Waals surface area contributed by atoms with Crippen LogP contribution in [0, 0.1) is 0 Å². The molecule has 0 aromatic rings. The van der Waals surface area contributed by atoms with Crippen molar-refractivity contribution in [3.8, 4) is 0 Å². The maximum atomic E-state index is 11.0. The maximum absolute atomic E-state index is 11.0. The third-order valence-corrected chi connectivity index (χ3v) is 4.98. The normalized spacial score (nSPS) is 15.9. The average Bonchev–Trinajstić information content (AvgIpc) is 2.45. The van der Waals surface area contributed by atoms with E-state index in [0.29, 0.717) is 17.4 Å². The first-order valence-electron chi connectivity index (χ1n) is 10.2. The van der Waals surface area contributed by atoms with E-state index in [4.69, 9.17) is 9.42 Å². The second kappa shape index (κ2) is 14.2. The molecule has 0 fully saturated rings. The predicted octanol–water partition coefficient (Wildman–Crippen LogP) is 4.63. The van der Waals surface area contributed by atoms with Crippen molar-refractivity contribution >= 4 is 7.82 Å². The van der Waals surface area contributed by atoms with Gasteiger partial charge in [0.2, 0.25) is 0 Å². The first-order valence-corrected chi connectivity index (χ1v) is 11.7. The van der Waals surface area contributed by atoms with E-state index in [1.165, 1.54) is 64.2 Å². The molecule has 0 aliphatic carbocycles. The summed E-state index contributed by atoms with van der Waals surface area (Å²) in [6.45, 7) is 2.82. The monoisotopic (exact) mass is 379 g/mol. The Labute approximate surface area is 156 Å².